The van der Waals surface area contributed by atoms with Gasteiger partial charge in [0.15, 0.2) is 0 Å². The van der Waals surface area contributed by atoms with Gasteiger partial charge in [-0.1, -0.05) is 13.8 Å². The highest BCUT2D eigenvalue weighted by Crippen LogP contribution is 2.07. The van der Waals surface area contributed by atoms with Crippen LogP contribution in [0.2, 0.25) is 0 Å². The minimum atomic E-state index is -0.0905. The highest BCUT2D eigenvalue weighted by Gasteiger charge is 2.08. The molecule has 0 spiro atoms. The van der Waals surface area contributed by atoms with E-state index in [1.54, 1.807) is 6.07 Å². The Kier molecular flexibility index (Phi) is 5.05. The molecule has 0 fully saturated rings. The van der Waals surface area contributed by atoms with Crippen molar-refractivity contribution in [1.82, 2.24) is 5.32 Å². The number of hydrogen-bond donors (Lipinski definition) is 2. The van der Waals surface area contributed by atoms with E-state index in [0.29, 0.717) is 30.3 Å². The van der Waals surface area contributed by atoms with Crippen molar-refractivity contribution in [3.63, 3.8) is 0 Å². The lowest BCUT2D eigenvalue weighted by Crippen LogP contribution is -2.24. The van der Waals surface area contributed by atoms with Crippen LogP contribution in [0.1, 0.15) is 42.8 Å². The Morgan fingerprint density at radius 2 is 2.31 bits per heavy atom. The van der Waals surface area contributed by atoms with Crippen molar-refractivity contribution in [2.24, 2.45) is 11.7 Å². The molecule has 0 aliphatic rings. The van der Waals surface area contributed by atoms with Crippen molar-refractivity contribution >= 4 is 5.91 Å². The van der Waals surface area contributed by atoms with Gasteiger partial charge in [-0.25, -0.2) is 0 Å². The minimum Gasteiger partial charge on any atom is -0.467 e. The van der Waals surface area contributed by atoms with Gasteiger partial charge in [0.2, 0.25) is 0 Å². The van der Waals surface area contributed by atoms with Crippen LogP contribution in [0, 0.1) is 5.92 Å². The molecule has 1 aromatic rings. The lowest BCUT2D eigenvalue weighted by atomic mass is 10.1. The summed E-state index contributed by atoms with van der Waals surface area (Å²) in [4.78, 5) is 11.6. The Hall–Kier alpha value is -1.29. The molecule has 16 heavy (non-hydrogen) atoms. The van der Waals surface area contributed by atoms with Crippen LogP contribution in [-0.2, 0) is 6.54 Å². The van der Waals surface area contributed by atoms with Crippen LogP contribution in [0.4, 0.5) is 0 Å². The number of nitrogens with one attached hydrogen (secondary N) is 1. The summed E-state index contributed by atoms with van der Waals surface area (Å²) in [5.41, 5.74) is 5.94. The Morgan fingerprint density at radius 1 is 1.56 bits per heavy atom. The molecule has 1 heterocycles. The first-order chi connectivity index (χ1) is 7.63. The molecule has 1 rings (SSSR count). The molecule has 1 amide bonds. The van der Waals surface area contributed by atoms with Crippen LogP contribution < -0.4 is 11.1 Å². The van der Waals surface area contributed by atoms with Gasteiger partial charge in [-0.3, -0.25) is 4.79 Å². The molecular formula is C12H20N2O2. The van der Waals surface area contributed by atoms with E-state index in [9.17, 15) is 4.79 Å². The summed E-state index contributed by atoms with van der Waals surface area (Å²) in [7, 11) is 0. The van der Waals surface area contributed by atoms with E-state index < -0.39 is 0 Å². The van der Waals surface area contributed by atoms with E-state index in [4.69, 9.17) is 10.2 Å². The summed E-state index contributed by atoms with van der Waals surface area (Å²) in [6.45, 7) is 5.37. The van der Waals surface area contributed by atoms with Gasteiger partial charge >= 0.3 is 0 Å². The van der Waals surface area contributed by atoms with Gasteiger partial charge in [0.1, 0.15) is 12.0 Å². The Balaban J connectivity index is 2.29. The summed E-state index contributed by atoms with van der Waals surface area (Å²) in [5, 5.41) is 2.85. The number of nitrogens with two attached hydrogens (primary N) is 1. The van der Waals surface area contributed by atoms with Gasteiger partial charge in [-0.2, -0.15) is 0 Å². The largest absolute Gasteiger partial charge is 0.467 e. The lowest BCUT2D eigenvalue weighted by Gasteiger charge is -2.05. The summed E-state index contributed by atoms with van der Waals surface area (Å²) in [5.74, 6) is 1.22. The van der Waals surface area contributed by atoms with E-state index in [2.05, 4.69) is 19.2 Å². The van der Waals surface area contributed by atoms with Gasteiger partial charge in [-0.15, -0.1) is 0 Å². The fraction of sp³-hybridized carbons (Fsp3) is 0.583. The van der Waals surface area contributed by atoms with Crippen molar-refractivity contribution in [3.05, 3.63) is 23.7 Å². The molecule has 0 saturated carbocycles. The fourth-order valence-electron chi connectivity index (χ4n) is 1.42. The molecule has 4 heteroatoms. The van der Waals surface area contributed by atoms with Crippen LogP contribution in [0.3, 0.4) is 0 Å². The van der Waals surface area contributed by atoms with Gasteiger partial charge in [0, 0.05) is 6.54 Å². The number of carbonyl (C=O) groups is 1. The zero-order valence-electron chi connectivity index (χ0n) is 9.95. The maximum Gasteiger partial charge on any atom is 0.254 e. The minimum absolute atomic E-state index is 0.0905. The second-order valence-corrected chi connectivity index (χ2v) is 4.30. The zero-order chi connectivity index (χ0) is 12.0. The molecule has 0 aromatic carbocycles. The predicted octanol–water partition coefficient (Wildman–Crippen LogP) is 1.90. The molecule has 4 nitrogen and oxygen atoms in total. The molecule has 0 aliphatic carbocycles. The maximum atomic E-state index is 11.6. The number of amides is 1. The summed E-state index contributed by atoms with van der Waals surface area (Å²) in [6, 6.07) is 1.68. The predicted molar refractivity (Wildman–Crippen MR) is 63.0 cm³/mol. The third kappa shape index (κ3) is 4.06. The zero-order valence-corrected chi connectivity index (χ0v) is 9.95. The molecule has 0 bridgehead atoms. The Labute approximate surface area is 96.2 Å². The SMILES string of the molecule is CC(C)CCCNC(=O)c1coc(CN)c1. The lowest BCUT2D eigenvalue weighted by molar-refractivity contribution is 0.0952. The Morgan fingerprint density at radius 3 is 2.88 bits per heavy atom. The van der Waals surface area contributed by atoms with Crippen LogP contribution in [0.5, 0.6) is 0 Å². The highest BCUT2D eigenvalue weighted by atomic mass is 16.3. The van der Waals surface area contributed by atoms with E-state index in [0.717, 1.165) is 12.8 Å². The van der Waals surface area contributed by atoms with Gasteiger partial charge in [-0.05, 0) is 24.8 Å². The van der Waals surface area contributed by atoms with E-state index in [1.165, 1.54) is 6.26 Å². The van der Waals surface area contributed by atoms with Crippen LogP contribution >= 0.6 is 0 Å². The summed E-state index contributed by atoms with van der Waals surface area (Å²) in [6.07, 6.45) is 3.57. The average Bonchev–Trinajstić information content (AvgIpc) is 2.72. The van der Waals surface area contributed by atoms with E-state index >= 15 is 0 Å². The Bertz CT molecular complexity index is 332. The van der Waals surface area contributed by atoms with Gasteiger partial charge in [0.25, 0.3) is 5.91 Å². The monoisotopic (exact) mass is 224 g/mol. The van der Waals surface area contributed by atoms with Crippen LogP contribution in [0.25, 0.3) is 0 Å². The highest BCUT2D eigenvalue weighted by molar-refractivity contribution is 5.93. The molecule has 0 saturated heterocycles. The molecular weight excluding hydrogens is 204 g/mol. The van der Waals surface area contributed by atoms with E-state index in [-0.39, 0.29) is 5.91 Å². The second-order valence-electron chi connectivity index (χ2n) is 4.30. The summed E-state index contributed by atoms with van der Waals surface area (Å²) >= 11 is 0. The molecule has 1 aromatic heterocycles. The first kappa shape index (κ1) is 12.8. The number of carbonyl (C=O) groups excluding carboxylic acids is 1. The first-order valence-corrected chi connectivity index (χ1v) is 5.69. The molecule has 0 atom stereocenters. The summed E-state index contributed by atoms with van der Waals surface area (Å²) < 4.78 is 5.09. The van der Waals surface area contributed by atoms with Crippen molar-refractivity contribution in [2.45, 2.75) is 33.2 Å². The smallest absolute Gasteiger partial charge is 0.254 e. The maximum absolute atomic E-state index is 11.6. The second kappa shape index (κ2) is 6.33. The first-order valence-electron chi connectivity index (χ1n) is 5.69. The average molecular weight is 224 g/mol. The van der Waals surface area contributed by atoms with Gasteiger partial charge in [0.05, 0.1) is 12.1 Å². The van der Waals surface area contributed by atoms with Crippen LogP contribution in [0.15, 0.2) is 16.7 Å². The molecule has 0 aliphatic heterocycles. The normalized spacial score (nSPS) is 10.8. The van der Waals surface area contributed by atoms with Crippen LogP contribution in [-0.4, -0.2) is 12.5 Å². The molecule has 90 valence electrons. The van der Waals surface area contributed by atoms with E-state index in [1.807, 2.05) is 0 Å². The van der Waals surface area contributed by atoms with Crippen molar-refractivity contribution < 1.29 is 9.21 Å². The molecule has 0 radical (unpaired) electrons. The number of furan rings is 1. The van der Waals surface area contributed by atoms with Gasteiger partial charge < -0.3 is 15.5 Å². The third-order valence-corrected chi connectivity index (χ3v) is 2.36. The molecule has 0 unspecified atom stereocenters. The fourth-order valence-corrected chi connectivity index (χ4v) is 1.42. The van der Waals surface area contributed by atoms with Crippen molar-refractivity contribution in [1.29, 1.82) is 0 Å². The quantitative estimate of drug-likeness (QED) is 0.725. The molecule has 3 N–H and O–H groups in total. The third-order valence-electron chi connectivity index (χ3n) is 2.36. The number of rotatable bonds is 6. The number of hydrogen-bond acceptors (Lipinski definition) is 3. The van der Waals surface area contributed by atoms with Crippen molar-refractivity contribution in [2.75, 3.05) is 6.54 Å². The standard InChI is InChI=1S/C12H20N2O2/c1-9(2)4-3-5-14-12(15)10-6-11(7-13)16-8-10/h6,8-9H,3-5,7,13H2,1-2H3,(H,14,15). The van der Waals surface area contributed by atoms with Crippen molar-refractivity contribution in [3.8, 4) is 0 Å². The topological polar surface area (TPSA) is 68.3 Å².